The van der Waals surface area contributed by atoms with E-state index >= 15 is 0 Å². The SMILES string of the molecule is CC(C)Oc1cccc(C(=O)CCOCC(F)(F)F)c1. The number of Topliss-reactive ketones (excluding diaryl/α,β-unsaturated/α-hetero) is 1. The third-order valence-electron chi connectivity index (χ3n) is 2.27. The summed E-state index contributed by atoms with van der Waals surface area (Å²) in [4.78, 5) is 11.8. The van der Waals surface area contributed by atoms with Crippen molar-refractivity contribution in [1.82, 2.24) is 0 Å². The first-order chi connectivity index (χ1) is 9.28. The maximum atomic E-state index is 11.9. The Morgan fingerprint density at radius 3 is 2.60 bits per heavy atom. The fourth-order valence-corrected chi connectivity index (χ4v) is 1.51. The summed E-state index contributed by atoms with van der Waals surface area (Å²) in [5.41, 5.74) is 0.402. The molecule has 3 nitrogen and oxygen atoms in total. The lowest BCUT2D eigenvalue weighted by Crippen LogP contribution is -2.18. The van der Waals surface area contributed by atoms with Crippen LogP contribution < -0.4 is 4.74 Å². The van der Waals surface area contributed by atoms with Crippen molar-refractivity contribution in [3.8, 4) is 5.75 Å². The molecule has 20 heavy (non-hydrogen) atoms. The van der Waals surface area contributed by atoms with E-state index < -0.39 is 12.8 Å². The zero-order chi connectivity index (χ0) is 15.2. The van der Waals surface area contributed by atoms with Crippen molar-refractivity contribution >= 4 is 5.78 Å². The number of hydrogen-bond acceptors (Lipinski definition) is 3. The summed E-state index contributed by atoms with van der Waals surface area (Å²) < 4.78 is 45.4. The zero-order valence-corrected chi connectivity index (χ0v) is 11.4. The van der Waals surface area contributed by atoms with Gasteiger partial charge in [-0.3, -0.25) is 4.79 Å². The molecule has 0 heterocycles. The number of alkyl halides is 3. The molecule has 1 aromatic rings. The van der Waals surface area contributed by atoms with Crippen LogP contribution >= 0.6 is 0 Å². The normalized spacial score (nSPS) is 11.7. The molecular weight excluding hydrogens is 273 g/mol. The number of carbonyl (C=O) groups is 1. The van der Waals surface area contributed by atoms with Gasteiger partial charge in [-0.1, -0.05) is 12.1 Å². The van der Waals surface area contributed by atoms with E-state index in [1.807, 2.05) is 13.8 Å². The molecule has 1 rings (SSSR count). The largest absolute Gasteiger partial charge is 0.491 e. The first-order valence-corrected chi connectivity index (χ1v) is 6.22. The van der Waals surface area contributed by atoms with Gasteiger partial charge in [-0.2, -0.15) is 13.2 Å². The van der Waals surface area contributed by atoms with Crippen LogP contribution in [0.4, 0.5) is 13.2 Å². The molecule has 6 heteroatoms. The molecule has 0 amide bonds. The molecule has 0 N–H and O–H groups in total. The second kappa shape index (κ2) is 7.28. The van der Waals surface area contributed by atoms with Crippen molar-refractivity contribution in [3.63, 3.8) is 0 Å². The molecule has 0 aliphatic heterocycles. The third kappa shape index (κ3) is 6.56. The number of hydrogen-bond donors (Lipinski definition) is 0. The van der Waals surface area contributed by atoms with Crippen molar-refractivity contribution in [3.05, 3.63) is 29.8 Å². The van der Waals surface area contributed by atoms with Gasteiger partial charge < -0.3 is 9.47 Å². The van der Waals surface area contributed by atoms with Crippen molar-refractivity contribution < 1.29 is 27.4 Å². The lowest BCUT2D eigenvalue weighted by molar-refractivity contribution is -0.173. The molecule has 0 radical (unpaired) electrons. The molecule has 1 aromatic carbocycles. The van der Waals surface area contributed by atoms with Gasteiger partial charge in [0.25, 0.3) is 0 Å². The van der Waals surface area contributed by atoms with E-state index in [1.54, 1.807) is 24.3 Å². The summed E-state index contributed by atoms with van der Waals surface area (Å²) in [5.74, 6) is 0.281. The Hall–Kier alpha value is -1.56. The monoisotopic (exact) mass is 290 g/mol. The molecule has 0 saturated heterocycles. The quantitative estimate of drug-likeness (QED) is 0.568. The highest BCUT2D eigenvalue weighted by Gasteiger charge is 2.27. The topological polar surface area (TPSA) is 35.5 Å². The van der Waals surface area contributed by atoms with Crippen molar-refractivity contribution in [2.75, 3.05) is 13.2 Å². The van der Waals surface area contributed by atoms with E-state index in [-0.39, 0.29) is 24.9 Å². The maximum Gasteiger partial charge on any atom is 0.411 e. The molecule has 0 aliphatic rings. The fraction of sp³-hybridized carbons (Fsp3) is 0.500. The van der Waals surface area contributed by atoms with Crippen LogP contribution in [-0.4, -0.2) is 31.3 Å². The van der Waals surface area contributed by atoms with Crippen molar-refractivity contribution in [2.24, 2.45) is 0 Å². The Morgan fingerprint density at radius 2 is 2.00 bits per heavy atom. The van der Waals surface area contributed by atoms with Crippen LogP contribution in [0.15, 0.2) is 24.3 Å². The summed E-state index contributed by atoms with van der Waals surface area (Å²) >= 11 is 0. The molecule has 0 fully saturated rings. The summed E-state index contributed by atoms with van der Waals surface area (Å²) in [6, 6.07) is 6.56. The van der Waals surface area contributed by atoms with E-state index in [2.05, 4.69) is 4.74 Å². The summed E-state index contributed by atoms with van der Waals surface area (Å²) in [6.45, 7) is 2.13. The lowest BCUT2D eigenvalue weighted by atomic mass is 10.1. The van der Waals surface area contributed by atoms with Crippen LogP contribution in [0, 0.1) is 0 Å². The average Bonchev–Trinajstić information content (AvgIpc) is 2.32. The van der Waals surface area contributed by atoms with Gasteiger partial charge in [0, 0.05) is 12.0 Å². The molecular formula is C14H17F3O3. The van der Waals surface area contributed by atoms with E-state index in [0.717, 1.165) is 0 Å². The molecule has 0 spiro atoms. The zero-order valence-electron chi connectivity index (χ0n) is 11.4. The highest BCUT2D eigenvalue weighted by molar-refractivity contribution is 5.96. The van der Waals surface area contributed by atoms with Gasteiger partial charge in [-0.05, 0) is 26.0 Å². The first kappa shape index (κ1) is 16.5. The van der Waals surface area contributed by atoms with Crippen LogP contribution in [0.3, 0.4) is 0 Å². The highest BCUT2D eigenvalue weighted by atomic mass is 19.4. The van der Waals surface area contributed by atoms with Gasteiger partial charge in [0.2, 0.25) is 0 Å². The minimum Gasteiger partial charge on any atom is -0.491 e. The Balaban J connectivity index is 2.47. The summed E-state index contributed by atoms with van der Waals surface area (Å²) in [5, 5.41) is 0. The molecule has 0 atom stereocenters. The number of carbonyl (C=O) groups excluding carboxylic acids is 1. The highest BCUT2D eigenvalue weighted by Crippen LogP contribution is 2.17. The Kier molecular flexibility index (Phi) is 6.01. The van der Waals surface area contributed by atoms with Gasteiger partial charge in [0.15, 0.2) is 5.78 Å². The molecule has 0 bridgehead atoms. The van der Waals surface area contributed by atoms with Crippen LogP contribution in [-0.2, 0) is 4.74 Å². The second-order valence-electron chi connectivity index (χ2n) is 4.54. The molecule has 0 saturated carbocycles. The number of halogens is 3. The predicted octanol–water partition coefficient (Wildman–Crippen LogP) is 3.63. The van der Waals surface area contributed by atoms with Crippen LogP contribution in [0.1, 0.15) is 30.6 Å². The minimum absolute atomic E-state index is 0.0181. The van der Waals surface area contributed by atoms with Gasteiger partial charge in [0.1, 0.15) is 12.4 Å². The van der Waals surface area contributed by atoms with Crippen LogP contribution in [0.5, 0.6) is 5.75 Å². The third-order valence-corrected chi connectivity index (χ3v) is 2.27. The Bertz CT molecular complexity index is 442. The van der Waals surface area contributed by atoms with Crippen molar-refractivity contribution in [1.29, 1.82) is 0 Å². The van der Waals surface area contributed by atoms with Gasteiger partial charge >= 0.3 is 6.18 Å². The Morgan fingerprint density at radius 1 is 1.30 bits per heavy atom. The van der Waals surface area contributed by atoms with E-state index in [0.29, 0.717) is 11.3 Å². The second-order valence-corrected chi connectivity index (χ2v) is 4.54. The number of ether oxygens (including phenoxy) is 2. The van der Waals surface area contributed by atoms with E-state index in [4.69, 9.17) is 4.74 Å². The van der Waals surface area contributed by atoms with Gasteiger partial charge in [-0.15, -0.1) is 0 Å². The van der Waals surface area contributed by atoms with Crippen LogP contribution in [0.2, 0.25) is 0 Å². The minimum atomic E-state index is -4.37. The van der Waals surface area contributed by atoms with E-state index in [9.17, 15) is 18.0 Å². The van der Waals surface area contributed by atoms with Crippen LogP contribution in [0.25, 0.3) is 0 Å². The number of benzene rings is 1. The average molecular weight is 290 g/mol. The lowest BCUT2D eigenvalue weighted by Gasteiger charge is -2.11. The molecule has 0 unspecified atom stereocenters. The Labute approximate surface area is 115 Å². The molecule has 112 valence electrons. The van der Waals surface area contributed by atoms with E-state index in [1.165, 1.54) is 0 Å². The fourth-order valence-electron chi connectivity index (χ4n) is 1.51. The summed E-state index contributed by atoms with van der Waals surface area (Å²) in [6.07, 6.45) is -4.48. The summed E-state index contributed by atoms with van der Waals surface area (Å²) in [7, 11) is 0. The maximum absolute atomic E-state index is 11.9. The van der Waals surface area contributed by atoms with Gasteiger partial charge in [0.05, 0.1) is 12.7 Å². The van der Waals surface area contributed by atoms with Crippen molar-refractivity contribution in [2.45, 2.75) is 32.5 Å². The smallest absolute Gasteiger partial charge is 0.411 e. The molecule has 0 aromatic heterocycles. The molecule has 0 aliphatic carbocycles. The first-order valence-electron chi connectivity index (χ1n) is 6.22. The number of ketones is 1. The standard InChI is InChI=1S/C14H17F3O3/c1-10(2)20-12-5-3-4-11(8-12)13(18)6-7-19-9-14(15,16)17/h3-5,8,10H,6-7,9H2,1-2H3. The predicted molar refractivity (Wildman–Crippen MR) is 68.0 cm³/mol. The van der Waals surface area contributed by atoms with Gasteiger partial charge in [-0.25, -0.2) is 0 Å². The number of rotatable bonds is 7.